The third-order valence-electron chi connectivity index (χ3n) is 14.0. The third kappa shape index (κ3) is 10.9. The van der Waals surface area contributed by atoms with Crippen LogP contribution in [0.5, 0.6) is 0 Å². The van der Waals surface area contributed by atoms with Crippen LogP contribution in [0.2, 0.25) is 0 Å². The van der Waals surface area contributed by atoms with Gasteiger partial charge in [-0.1, -0.05) is 65.5 Å². The zero-order chi connectivity index (χ0) is 35.3. The number of carbonyl (C=O) groups is 1. The molecule has 4 aliphatic carbocycles. The summed E-state index contributed by atoms with van der Waals surface area (Å²) >= 11 is 0. The van der Waals surface area contributed by atoms with E-state index in [0.29, 0.717) is 5.41 Å². The van der Waals surface area contributed by atoms with E-state index in [4.69, 9.17) is 16.2 Å². The lowest BCUT2D eigenvalue weighted by Gasteiger charge is -2.58. The summed E-state index contributed by atoms with van der Waals surface area (Å²) in [6, 6.07) is 0. The largest absolute Gasteiger partial charge is 0.446 e. The Bertz CT molecular complexity index is 986. The van der Waals surface area contributed by atoms with Gasteiger partial charge < -0.3 is 31.7 Å². The van der Waals surface area contributed by atoms with Gasteiger partial charge in [0.1, 0.15) is 6.10 Å². The highest BCUT2D eigenvalue weighted by Gasteiger charge is 2.59. The second-order valence-electron chi connectivity index (χ2n) is 17.7. The summed E-state index contributed by atoms with van der Waals surface area (Å²) in [5, 5.41) is 6.95. The molecule has 0 saturated heterocycles. The van der Waals surface area contributed by atoms with E-state index in [9.17, 15) is 4.79 Å². The van der Waals surface area contributed by atoms with Gasteiger partial charge in [-0.05, 0) is 169 Å². The van der Waals surface area contributed by atoms with Crippen molar-refractivity contribution in [2.24, 2.45) is 57.8 Å². The van der Waals surface area contributed by atoms with E-state index >= 15 is 0 Å². The Kier molecular flexibility index (Phi) is 16.7. The van der Waals surface area contributed by atoms with Gasteiger partial charge in [0, 0.05) is 19.5 Å². The van der Waals surface area contributed by atoms with Crippen molar-refractivity contribution in [3.8, 4) is 0 Å². The molecule has 0 aromatic heterocycles. The van der Waals surface area contributed by atoms with Gasteiger partial charge in [-0.25, -0.2) is 4.79 Å². The van der Waals surface area contributed by atoms with Crippen LogP contribution in [0.3, 0.4) is 0 Å². The highest BCUT2D eigenvalue weighted by molar-refractivity contribution is 5.67. The number of fused-ring (bicyclic) bond motifs is 5. The number of nitrogens with two attached hydrogens (primary N) is 2. The Morgan fingerprint density at radius 1 is 0.837 bits per heavy atom. The fourth-order valence-electron chi connectivity index (χ4n) is 11.1. The summed E-state index contributed by atoms with van der Waals surface area (Å²) in [5.41, 5.74) is 13.7. The first-order chi connectivity index (χ1) is 23.6. The Hall–Kier alpha value is -1.15. The molecule has 1 amide bonds. The molecule has 4 rings (SSSR count). The molecular formula is C42H79N5O2. The zero-order valence-corrected chi connectivity index (χ0v) is 32.7. The van der Waals surface area contributed by atoms with Gasteiger partial charge in [0.2, 0.25) is 0 Å². The number of ether oxygens (including phenoxy) is 1. The molecule has 8 atom stereocenters. The summed E-state index contributed by atoms with van der Waals surface area (Å²) in [7, 11) is 0. The predicted molar refractivity (Wildman–Crippen MR) is 206 cm³/mol. The van der Waals surface area contributed by atoms with Crippen LogP contribution in [0.25, 0.3) is 0 Å². The maximum Gasteiger partial charge on any atom is 0.410 e. The molecule has 0 bridgehead atoms. The topological polar surface area (TPSA) is 106 Å². The van der Waals surface area contributed by atoms with Crippen LogP contribution in [-0.4, -0.2) is 69.5 Å². The van der Waals surface area contributed by atoms with Crippen LogP contribution >= 0.6 is 0 Å². The molecular weight excluding hydrogens is 606 g/mol. The predicted octanol–water partition coefficient (Wildman–Crippen LogP) is 8.27. The molecule has 6 N–H and O–H groups in total. The zero-order valence-electron chi connectivity index (χ0n) is 32.7. The van der Waals surface area contributed by atoms with Crippen molar-refractivity contribution in [2.75, 3.05) is 52.4 Å². The van der Waals surface area contributed by atoms with Crippen molar-refractivity contribution in [3.05, 3.63) is 11.6 Å². The van der Waals surface area contributed by atoms with Crippen LogP contribution in [0.4, 0.5) is 4.79 Å². The number of hydrogen-bond donors (Lipinski definition) is 4. The minimum atomic E-state index is -0.0944. The Balaban J connectivity index is 1.31. The van der Waals surface area contributed by atoms with Gasteiger partial charge in [-0.15, -0.1) is 0 Å². The lowest BCUT2D eigenvalue weighted by atomic mass is 9.47. The van der Waals surface area contributed by atoms with E-state index in [1.165, 1.54) is 57.8 Å². The van der Waals surface area contributed by atoms with E-state index in [2.05, 4.69) is 51.3 Å². The van der Waals surface area contributed by atoms with E-state index in [0.717, 1.165) is 139 Å². The van der Waals surface area contributed by atoms with Gasteiger partial charge in [-0.3, -0.25) is 0 Å². The average molecular weight is 686 g/mol. The molecule has 0 radical (unpaired) electrons. The fraction of sp³-hybridized carbons (Fsp3) is 0.929. The van der Waals surface area contributed by atoms with Gasteiger partial charge in [0.15, 0.2) is 0 Å². The smallest absolute Gasteiger partial charge is 0.410 e. The number of amides is 1. The molecule has 0 heterocycles. The minimum absolute atomic E-state index is 0.0122. The monoisotopic (exact) mass is 686 g/mol. The van der Waals surface area contributed by atoms with E-state index in [-0.39, 0.29) is 17.6 Å². The second kappa shape index (κ2) is 20.2. The maximum absolute atomic E-state index is 13.7. The highest BCUT2D eigenvalue weighted by atomic mass is 16.6. The quantitative estimate of drug-likeness (QED) is 0.0676. The molecule has 7 heteroatoms. The summed E-state index contributed by atoms with van der Waals surface area (Å²) in [6.07, 6.45) is 22.9. The van der Waals surface area contributed by atoms with Crippen LogP contribution in [0.15, 0.2) is 11.6 Å². The van der Waals surface area contributed by atoms with Crippen LogP contribution < -0.4 is 22.1 Å². The lowest BCUT2D eigenvalue weighted by molar-refractivity contribution is -0.0593. The maximum atomic E-state index is 13.7. The molecule has 0 spiro atoms. The number of nitrogens with zero attached hydrogens (tertiary/aromatic N) is 1. The van der Waals surface area contributed by atoms with E-state index < -0.39 is 0 Å². The van der Waals surface area contributed by atoms with Crippen molar-refractivity contribution in [1.29, 1.82) is 0 Å². The Morgan fingerprint density at radius 3 is 2.12 bits per heavy atom. The Morgan fingerprint density at radius 2 is 1.49 bits per heavy atom. The molecule has 4 unspecified atom stereocenters. The number of allylic oxidation sites excluding steroid dienone is 1. The fourth-order valence-corrected chi connectivity index (χ4v) is 11.1. The first-order valence-electron chi connectivity index (χ1n) is 21.1. The van der Waals surface area contributed by atoms with Crippen molar-refractivity contribution < 1.29 is 9.53 Å². The van der Waals surface area contributed by atoms with Crippen molar-refractivity contribution in [3.63, 3.8) is 0 Å². The molecule has 7 nitrogen and oxygen atoms in total. The van der Waals surface area contributed by atoms with E-state index in [1.54, 1.807) is 5.57 Å². The van der Waals surface area contributed by atoms with E-state index in [1.807, 2.05) is 4.90 Å². The summed E-state index contributed by atoms with van der Waals surface area (Å²) < 4.78 is 6.36. The Labute approximate surface area is 302 Å². The standard InChI is InChI=1S/C42H79N5O2/c1-32(2)13-10-14-33(3)37-17-18-38-36-16-15-34-31-35(19-21-41(34,4)39(36)20-22-42(37,38)5)49-40(48)47(29-8-6-25-45-27-11-23-43)30-9-7-26-46-28-12-24-44/h15,32-33,35-39,45-46H,6-14,16-31,43-44H2,1-5H3/t33-,35?,36?,37-,38?,39?,41+,42-/m1/s1. The van der Waals surface area contributed by atoms with Crippen LogP contribution in [0, 0.1) is 46.3 Å². The van der Waals surface area contributed by atoms with Gasteiger partial charge >= 0.3 is 6.09 Å². The number of nitrogens with one attached hydrogen (secondary N) is 2. The molecule has 3 saturated carbocycles. The van der Waals surface area contributed by atoms with Gasteiger partial charge in [-0.2, -0.15) is 0 Å². The normalized spacial score (nSPS) is 31.5. The number of unbranched alkanes of at least 4 members (excludes halogenated alkanes) is 2. The van der Waals surface area contributed by atoms with Crippen LogP contribution in [0.1, 0.15) is 144 Å². The van der Waals surface area contributed by atoms with Gasteiger partial charge in [0.25, 0.3) is 0 Å². The molecule has 4 aliphatic rings. The molecule has 284 valence electrons. The number of rotatable bonds is 22. The molecule has 0 aliphatic heterocycles. The molecule has 0 aromatic rings. The summed E-state index contributed by atoms with van der Waals surface area (Å²) in [5.74, 6) is 5.10. The van der Waals surface area contributed by atoms with Gasteiger partial charge in [0.05, 0.1) is 0 Å². The molecule has 3 fully saturated rings. The average Bonchev–Trinajstić information content (AvgIpc) is 3.43. The summed E-state index contributed by atoms with van der Waals surface area (Å²) in [4.78, 5) is 15.7. The SMILES string of the molecule is CC(C)CCC[C@@H](C)[C@H]1CCC2C3CC=C4CC(OC(=O)N(CCCCNCCCN)CCCCNCCCN)CC[C@]4(C)C3CC[C@@]21C. The third-order valence-corrected chi connectivity index (χ3v) is 14.0. The lowest BCUT2D eigenvalue weighted by Crippen LogP contribution is -2.51. The molecule has 49 heavy (non-hydrogen) atoms. The number of hydrogen-bond acceptors (Lipinski definition) is 6. The van der Waals surface area contributed by atoms with Crippen molar-refractivity contribution in [2.45, 2.75) is 150 Å². The minimum Gasteiger partial charge on any atom is -0.446 e. The summed E-state index contributed by atoms with van der Waals surface area (Å²) in [6.45, 7) is 19.5. The first-order valence-corrected chi connectivity index (χ1v) is 21.1. The second-order valence-corrected chi connectivity index (χ2v) is 17.7. The van der Waals surface area contributed by atoms with Crippen molar-refractivity contribution >= 4 is 6.09 Å². The highest BCUT2D eigenvalue weighted by Crippen LogP contribution is 2.67. The van der Waals surface area contributed by atoms with Crippen molar-refractivity contribution in [1.82, 2.24) is 15.5 Å². The molecule has 0 aromatic carbocycles. The van der Waals surface area contributed by atoms with Crippen LogP contribution in [-0.2, 0) is 4.74 Å². The first kappa shape index (κ1) is 40.6. The number of carbonyl (C=O) groups excluding carboxylic acids is 1.